The molecule has 0 bridgehead atoms. The number of nitrogens with one attached hydrogen (secondary N) is 1. The van der Waals surface area contributed by atoms with Crippen LogP contribution in [-0.4, -0.2) is 28.5 Å². The number of nitrogens with two attached hydrogens (primary N) is 1. The number of benzene rings is 2. The summed E-state index contributed by atoms with van der Waals surface area (Å²) in [6.45, 7) is 0.213. The predicted octanol–water partition coefficient (Wildman–Crippen LogP) is 1.28. The highest BCUT2D eigenvalue weighted by atomic mass is 32.2. The molecule has 0 saturated heterocycles. The van der Waals surface area contributed by atoms with E-state index in [-0.39, 0.29) is 17.3 Å². The fourth-order valence-electron chi connectivity index (χ4n) is 2.14. The van der Waals surface area contributed by atoms with E-state index in [4.69, 9.17) is 14.6 Å². The van der Waals surface area contributed by atoms with Crippen molar-refractivity contribution in [3.63, 3.8) is 0 Å². The van der Waals surface area contributed by atoms with Gasteiger partial charge in [-0.25, -0.2) is 13.6 Å². The molecule has 0 aromatic heterocycles. The van der Waals surface area contributed by atoms with Crippen LogP contribution in [0.4, 0.5) is 0 Å². The van der Waals surface area contributed by atoms with Crippen molar-refractivity contribution >= 4 is 15.9 Å². The predicted molar refractivity (Wildman–Crippen MR) is 88.5 cm³/mol. The zero-order valence-electron chi connectivity index (χ0n) is 13.3. The third-order valence-corrected chi connectivity index (χ3v) is 4.29. The molecule has 2 aromatic rings. The zero-order chi connectivity index (χ0) is 17.7. The van der Waals surface area contributed by atoms with Gasteiger partial charge in [0.25, 0.3) is 5.91 Å². The summed E-state index contributed by atoms with van der Waals surface area (Å²) in [5.74, 6) is 0.438. The Bertz CT molecular complexity index is 810. The van der Waals surface area contributed by atoms with Crippen LogP contribution < -0.4 is 19.9 Å². The molecule has 8 heteroatoms. The van der Waals surface area contributed by atoms with Gasteiger partial charge in [0.2, 0.25) is 10.0 Å². The largest absolute Gasteiger partial charge is 0.496 e. The van der Waals surface area contributed by atoms with E-state index in [2.05, 4.69) is 5.32 Å². The van der Waals surface area contributed by atoms with E-state index in [1.807, 2.05) is 0 Å². The van der Waals surface area contributed by atoms with Crippen molar-refractivity contribution in [2.24, 2.45) is 5.14 Å². The summed E-state index contributed by atoms with van der Waals surface area (Å²) in [6.07, 6.45) is 0. The van der Waals surface area contributed by atoms with Crippen molar-refractivity contribution in [2.75, 3.05) is 14.2 Å². The summed E-state index contributed by atoms with van der Waals surface area (Å²) in [5.41, 5.74) is 1.02. The van der Waals surface area contributed by atoms with Gasteiger partial charge in [-0.2, -0.15) is 0 Å². The fraction of sp³-hybridized carbons (Fsp3) is 0.188. The molecule has 0 fully saturated rings. The van der Waals surface area contributed by atoms with Crippen molar-refractivity contribution in [3.05, 3.63) is 53.6 Å². The minimum Gasteiger partial charge on any atom is -0.496 e. The standard InChI is InChI=1S/C16H18N2O5S/c1-22-13-4-3-5-14(23-2)15(13)16(19)18-10-11-6-8-12(9-7-11)24(17,20)21/h3-9H,10H2,1-2H3,(H,18,19)(H2,17,20,21). The van der Waals surface area contributed by atoms with Crippen LogP contribution in [0.3, 0.4) is 0 Å². The fourth-order valence-corrected chi connectivity index (χ4v) is 2.66. The summed E-state index contributed by atoms with van der Waals surface area (Å²) < 4.78 is 32.8. The smallest absolute Gasteiger partial charge is 0.259 e. The van der Waals surface area contributed by atoms with E-state index >= 15 is 0 Å². The van der Waals surface area contributed by atoms with Crippen molar-refractivity contribution in [1.82, 2.24) is 5.32 Å². The highest BCUT2D eigenvalue weighted by Crippen LogP contribution is 2.28. The Morgan fingerprint density at radius 2 is 1.58 bits per heavy atom. The summed E-state index contributed by atoms with van der Waals surface area (Å²) in [5, 5.41) is 7.79. The molecule has 2 aromatic carbocycles. The Morgan fingerprint density at radius 3 is 2.04 bits per heavy atom. The number of methoxy groups -OCH3 is 2. The van der Waals surface area contributed by atoms with Gasteiger partial charge in [-0.1, -0.05) is 18.2 Å². The van der Waals surface area contributed by atoms with E-state index < -0.39 is 10.0 Å². The third-order valence-electron chi connectivity index (χ3n) is 3.36. The third kappa shape index (κ3) is 4.03. The second kappa shape index (κ2) is 7.33. The quantitative estimate of drug-likeness (QED) is 0.816. The molecule has 0 atom stereocenters. The van der Waals surface area contributed by atoms with E-state index in [0.29, 0.717) is 17.1 Å². The maximum atomic E-state index is 12.4. The first kappa shape index (κ1) is 17.8. The van der Waals surface area contributed by atoms with E-state index in [1.54, 1.807) is 30.3 Å². The molecule has 0 saturated carbocycles. The number of amides is 1. The Balaban J connectivity index is 2.14. The summed E-state index contributed by atoms with van der Waals surface area (Å²) in [7, 11) is -0.793. The topological polar surface area (TPSA) is 108 Å². The zero-order valence-corrected chi connectivity index (χ0v) is 14.1. The van der Waals surface area contributed by atoms with Gasteiger partial charge in [-0.05, 0) is 29.8 Å². The van der Waals surface area contributed by atoms with Crippen molar-refractivity contribution in [2.45, 2.75) is 11.4 Å². The Hall–Kier alpha value is -2.58. The van der Waals surface area contributed by atoms with E-state index in [0.717, 1.165) is 5.56 Å². The lowest BCUT2D eigenvalue weighted by atomic mass is 10.1. The van der Waals surface area contributed by atoms with Crippen LogP contribution in [0.2, 0.25) is 0 Å². The monoisotopic (exact) mass is 350 g/mol. The van der Waals surface area contributed by atoms with Crippen LogP contribution in [-0.2, 0) is 16.6 Å². The summed E-state index contributed by atoms with van der Waals surface area (Å²) in [4.78, 5) is 12.4. The van der Waals surface area contributed by atoms with Gasteiger partial charge in [-0.15, -0.1) is 0 Å². The molecule has 24 heavy (non-hydrogen) atoms. The molecule has 0 spiro atoms. The minimum absolute atomic E-state index is 0.0176. The average Bonchev–Trinajstić information content (AvgIpc) is 2.58. The molecule has 1 amide bonds. The van der Waals surface area contributed by atoms with Gasteiger partial charge < -0.3 is 14.8 Å². The lowest BCUT2D eigenvalue weighted by Gasteiger charge is -2.13. The van der Waals surface area contributed by atoms with Crippen molar-refractivity contribution in [3.8, 4) is 11.5 Å². The molecular weight excluding hydrogens is 332 g/mol. The summed E-state index contributed by atoms with van der Waals surface area (Å²) in [6, 6.07) is 11.0. The Morgan fingerprint density at radius 1 is 1.04 bits per heavy atom. The SMILES string of the molecule is COc1cccc(OC)c1C(=O)NCc1ccc(S(N)(=O)=O)cc1. The van der Waals surface area contributed by atoms with E-state index in [9.17, 15) is 13.2 Å². The molecule has 0 aliphatic heterocycles. The van der Waals surface area contributed by atoms with Crippen LogP contribution in [0.1, 0.15) is 15.9 Å². The first-order chi connectivity index (χ1) is 11.4. The first-order valence-electron chi connectivity index (χ1n) is 6.97. The van der Waals surface area contributed by atoms with Crippen LogP contribution in [0.5, 0.6) is 11.5 Å². The highest BCUT2D eigenvalue weighted by molar-refractivity contribution is 7.89. The molecule has 3 N–H and O–H groups in total. The highest BCUT2D eigenvalue weighted by Gasteiger charge is 2.17. The lowest BCUT2D eigenvalue weighted by Crippen LogP contribution is -2.24. The average molecular weight is 350 g/mol. The number of primary sulfonamides is 1. The molecule has 7 nitrogen and oxygen atoms in total. The second-order valence-corrected chi connectivity index (χ2v) is 6.47. The number of ether oxygens (including phenoxy) is 2. The molecule has 0 heterocycles. The molecule has 0 radical (unpaired) electrons. The number of carbonyl (C=O) groups is 1. The maximum Gasteiger partial charge on any atom is 0.259 e. The van der Waals surface area contributed by atoms with Gasteiger partial charge in [0.1, 0.15) is 17.1 Å². The van der Waals surface area contributed by atoms with Crippen molar-refractivity contribution in [1.29, 1.82) is 0 Å². The second-order valence-electron chi connectivity index (χ2n) is 4.91. The minimum atomic E-state index is -3.73. The molecule has 0 aliphatic rings. The molecule has 2 rings (SSSR count). The molecule has 0 unspecified atom stereocenters. The Labute approximate surface area is 140 Å². The summed E-state index contributed by atoms with van der Waals surface area (Å²) >= 11 is 0. The van der Waals surface area contributed by atoms with Gasteiger partial charge in [0, 0.05) is 6.54 Å². The van der Waals surface area contributed by atoms with Crippen LogP contribution in [0, 0.1) is 0 Å². The van der Waals surface area contributed by atoms with E-state index in [1.165, 1.54) is 26.4 Å². The maximum absolute atomic E-state index is 12.4. The van der Waals surface area contributed by atoms with Gasteiger partial charge >= 0.3 is 0 Å². The van der Waals surface area contributed by atoms with Crippen molar-refractivity contribution < 1.29 is 22.7 Å². The van der Waals surface area contributed by atoms with Gasteiger partial charge in [-0.3, -0.25) is 4.79 Å². The van der Waals surface area contributed by atoms with Gasteiger partial charge in [0.05, 0.1) is 19.1 Å². The normalized spacial score (nSPS) is 11.0. The molecule has 128 valence electrons. The molecule has 0 aliphatic carbocycles. The number of rotatable bonds is 6. The molecular formula is C16H18N2O5S. The van der Waals surface area contributed by atoms with Crippen LogP contribution in [0.25, 0.3) is 0 Å². The van der Waals surface area contributed by atoms with Crippen LogP contribution in [0.15, 0.2) is 47.4 Å². The number of hydrogen-bond acceptors (Lipinski definition) is 5. The first-order valence-corrected chi connectivity index (χ1v) is 8.52. The lowest BCUT2D eigenvalue weighted by molar-refractivity contribution is 0.0944. The number of hydrogen-bond donors (Lipinski definition) is 2. The number of sulfonamides is 1. The van der Waals surface area contributed by atoms with Crippen LogP contribution >= 0.6 is 0 Å². The number of carbonyl (C=O) groups excluding carboxylic acids is 1. The van der Waals surface area contributed by atoms with Gasteiger partial charge in [0.15, 0.2) is 0 Å². The Kier molecular flexibility index (Phi) is 5.42.